The van der Waals surface area contributed by atoms with E-state index >= 15 is 0 Å². The first-order valence-corrected chi connectivity index (χ1v) is 12.6. The Morgan fingerprint density at radius 2 is 1.74 bits per heavy atom. The Labute approximate surface area is 206 Å². The normalized spacial score (nSPS) is 20.1. The summed E-state index contributed by atoms with van der Waals surface area (Å²) in [5.41, 5.74) is 2.82. The molecule has 2 atom stereocenters. The Bertz CT molecular complexity index is 1060. The lowest BCUT2D eigenvalue weighted by atomic mass is 9.83. The average molecular weight is 484 g/mol. The van der Waals surface area contributed by atoms with Crippen LogP contribution in [0.2, 0.25) is 0 Å². The molecular formula is C26H37N5O4. The summed E-state index contributed by atoms with van der Waals surface area (Å²) in [4.78, 5) is 38.4. The fourth-order valence-corrected chi connectivity index (χ4v) is 5.14. The molecule has 1 aromatic carbocycles. The first-order valence-electron chi connectivity index (χ1n) is 12.6. The highest BCUT2D eigenvalue weighted by Crippen LogP contribution is 2.38. The number of fused-ring (bicyclic) bond motifs is 1. The highest BCUT2D eigenvalue weighted by molar-refractivity contribution is 6.01. The van der Waals surface area contributed by atoms with Crippen molar-refractivity contribution in [3.8, 4) is 0 Å². The molecule has 2 aromatic rings. The van der Waals surface area contributed by atoms with E-state index in [2.05, 4.69) is 30.9 Å². The van der Waals surface area contributed by atoms with E-state index in [0.29, 0.717) is 24.2 Å². The number of nitrogens with zero attached hydrogens (tertiary/aromatic N) is 2. The van der Waals surface area contributed by atoms with Crippen LogP contribution in [0.5, 0.6) is 0 Å². The van der Waals surface area contributed by atoms with Crippen LogP contribution in [0.25, 0.3) is 0 Å². The van der Waals surface area contributed by atoms with Gasteiger partial charge in [0.25, 0.3) is 5.91 Å². The molecule has 3 amide bonds. The van der Waals surface area contributed by atoms with Crippen LogP contribution in [0.4, 0.5) is 5.69 Å². The second-order valence-corrected chi connectivity index (χ2v) is 9.51. The maximum absolute atomic E-state index is 13.3. The summed E-state index contributed by atoms with van der Waals surface area (Å²) in [6.45, 7) is 7.59. The number of hydrogen-bond acceptors (Lipinski definition) is 6. The van der Waals surface area contributed by atoms with Crippen LogP contribution >= 0.6 is 0 Å². The number of aryl methyl sites for hydroxylation is 1. The first kappa shape index (κ1) is 26.4. The molecule has 2 aliphatic rings. The zero-order chi connectivity index (χ0) is 25.6. The molecule has 2 aliphatic carbocycles. The third-order valence-corrected chi connectivity index (χ3v) is 6.97. The first-order chi connectivity index (χ1) is 16.8. The zero-order valence-electron chi connectivity index (χ0n) is 21.4. The minimum absolute atomic E-state index is 0.0157. The summed E-state index contributed by atoms with van der Waals surface area (Å²) in [5.74, 6) is -0.651. The van der Waals surface area contributed by atoms with Gasteiger partial charge in [-0.15, -0.1) is 0 Å². The number of benzene rings is 1. The van der Waals surface area contributed by atoms with Crippen molar-refractivity contribution in [1.29, 1.82) is 0 Å². The molecule has 9 heteroatoms. The Hall–Kier alpha value is -3.23. The Balaban J connectivity index is 0.00000167. The summed E-state index contributed by atoms with van der Waals surface area (Å²) in [5, 5.41) is 15.9. The number of amides is 3. The highest BCUT2D eigenvalue weighted by Gasteiger charge is 2.39. The molecule has 1 saturated carbocycles. The lowest BCUT2D eigenvalue weighted by Gasteiger charge is -2.30. The van der Waals surface area contributed by atoms with Gasteiger partial charge in [-0.25, -0.2) is 4.63 Å². The second-order valence-electron chi connectivity index (χ2n) is 9.51. The SMILES string of the molecule is CC.CNC(=O)C1(C)Cc2ccc(NC(=O)C(NC(=O)c3nonc3C)C3CCCCC3)cc2C1. The molecule has 3 N–H and O–H groups in total. The largest absolute Gasteiger partial charge is 0.359 e. The fourth-order valence-electron chi connectivity index (χ4n) is 5.14. The molecule has 0 saturated heterocycles. The minimum Gasteiger partial charge on any atom is -0.359 e. The average Bonchev–Trinajstić information content (AvgIpc) is 3.46. The van der Waals surface area contributed by atoms with Crippen molar-refractivity contribution in [2.24, 2.45) is 11.3 Å². The molecular weight excluding hydrogens is 446 g/mol. The topological polar surface area (TPSA) is 126 Å². The number of nitrogens with one attached hydrogen (secondary N) is 3. The number of carbonyl (C=O) groups excluding carboxylic acids is 3. The highest BCUT2D eigenvalue weighted by atomic mass is 16.6. The monoisotopic (exact) mass is 483 g/mol. The maximum atomic E-state index is 13.3. The molecule has 0 aliphatic heterocycles. The van der Waals surface area contributed by atoms with E-state index in [4.69, 9.17) is 0 Å². The van der Waals surface area contributed by atoms with Gasteiger partial charge >= 0.3 is 0 Å². The Morgan fingerprint density at radius 3 is 2.37 bits per heavy atom. The lowest BCUT2D eigenvalue weighted by Crippen LogP contribution is -2.49. The van der Waals surface area contributed by atoms with Crippen LogP contribution < -0.4 is 16.0 Å². The molecule has 1 heterocycles. The van der Waals surface area contributed by atoms with Crippen LogP contribution in [-0.4, -0.2) is 41.1 Å². The van der Waals surface area contributed by atoms with Gasteiger partial charge in [-0.2, -0.15) is 0 Å². The quantitative estimate of drug-likeness (QED) is 0.577. The second kappa shape index (κ2) is 11.5. The summed E-state index contributed by atoms with van der Waals surface area (Å²) in [6.07, 6.45) is 6.25. The van der Waals surface area contributed by atoms with E-state index < -0.39 is 17.4 Å². The summed E-state index contributed by atoms with van der Waals surface area (Å²) in [7, 11) is 1.65. The minimum atomic E-state index is -0.682. The molecule has 2 unspecified atom stereocenters. The fraction of sp³-hybridized carbons (Fsp3) is 0.577. The predicted octanol–water partition coefficient (Wildman–Crippen LogP) is 3.57. The predicted molar refractivity (Wildman–Crippen MR) is 133 cm³/mol. The smallest absolute Gasteiger partial charge is 0.276 e. The standard InChI is InChI=1S/C24H31N5O4.C2H6/c1-14-19(29-33-28-14)21(30)27-20(15-7-5-4-6-8-15)22(31)26-18-10-9-16-12-24(2,23(32)25-3)13-17(16)11-18;1-2/h9-11,15,20H,4-8,12-13H2,1-3H3,(H,25,32)(H,26,31)(H,27,30);1-2H3. The molecule has 4 rings (SSSR count). The third-order valence-electron chi connectivity index (χ3n) is 6.97. The summed E-state index contributed by atoms with van der Waals surface area (Å²) in [6, 6.07) is 5.08. The number of rotatable bonds is 6. The van der Waals surface area contributed by atoms with Crippen molar-refractivity contribution >= 4 is 23.4 Å². The van der Waals surface area contributed by atoms with E-state index in [-0.39, 0.29) is 23.4 Å². The zero-order valence-corrected chi connectivity index (χ0v) is 21.4. The molecule has 1 aromatic heterocycles. The van der Waals surface area contributed by atoms with Gasteiger partial charge in [-0.05, 0) is 66.9 Å². The van der Waals surface area contributed by atoms with Crippen LogP contribution in [0.15, 0.2) is 22.8 Å². The van der Waals surface area contributed by atoms with Crippen LogP contribution in [0, 0.1) is 18.3 Å². The van der Waals surface area contributed by atoms with Crippen molar-refractivity contribution in [2.45, 2.75) is 78.7 Å². The van der Waals surface area contributed by atoms with E-state index in [1.54, 1.807) is 14.0 Å². The van der Waals surface area contributed by atoms with Gasteiger partial charge < -0.3 is 16.0 Å². The Kier molecular flexibility index (Phi) is 8.64. The summed E-state index contributed by atoms with van der Waals surface area (Å²) < 4.78 is 4.64. The molecule has 9 nitrogen and oxygen atoms in total. The van der Waals surface area contributed by atoms with Gasteiger partial charge in [0.2, 0.25) is 11.8 Å². The molecule has 0 radical (unpaired) electrons. The number of carbonyl (C=O) groups is 3. The number of aromatic nitrogens is 2. The molecule has 190 valence electrons. The van der Waals surface area contributed by atoms with E-state index in [1.165, 1.54) is 0 Å². The van der Waals surface area contributed by atoms with Crippen molar-refractivity contribution in [3.05, 3.63) is 40.7 Å². The summed E-state index contributed by atoms with van der Waals surface area (Å²) >= 11 is 0. The van der Waals surface area contributed by atoms with E-state index in [1.807, 2.05) is 39.0 Å². The van der Waals surface area contributed by atoms with Crippen molar-refractivity contribution in [2.75, 3.05) is 12.4 Å². The van der Waals surface area contributed by atoms with Crippen LogP contribution in [0.3, 0.4) is 0 Å². The van der Waals surface area contributed by atoms with Crippen LogP contribution in [-0.2, 0) is 22.4 Å². The van der Waals surface area contributed by atoms with Crippen molar-refractivity contribution in [1.82, 2.24) is 20.9 Å². The van der Waals surface area contributed by atoms with Crippen LogP contribution in [0.1, 0.15) is 80.2 Å². The van der Waals surface area contributed by atoms with E-state index in [0.717, 1.165) is 43.2 Å². The van der Waals surface area contributed by atoms with Gasteiger partial charge in [0.05, 0.1) is 5.41 Å². The van der Waals surface area contributed by atoms with Gasteiger partial charge in [0, 0.05) is 12.7 Å². The van der Waals surface area contributed by atoms with Gasteiger partial charge in [0.1, 0.15) is 11.7 Å². The molecule has 0 spiro atoms. The number of anilines is 1. The molecule has 35 heavy (non-hydrogen) atoms. The Morgan fingerprint density at radius 1 is 1.06 bits per heavy atom. The van der Waals surface area contributed by atoms with E-state index in [9.17, 15) is 14.4 Å². The number of hydrogen-bond donors (Lipinski definition) is 3. The molecule has 1 fully saturated rings. The lowest BCUT2D eigenvalue weighted by molar-refractivity contribution is -0.129. The van der Waals surface area contributed by atoms with Gasteiger partial charge in [-0.1, -0.05) is 51.3 Å². The third kappa shape index (κ3) is 5.89. The maximum Gasteiger partial charge on any atom is 0.276 e. The van der Waals surface area contributed by atoms with Gasteiger partial charge in [0.15, 0.2) is 5.69 Å². The van der Waals surface area contributed by atoms with Crippen molar-refractivity contribution < 1.29 is 19.0 Å². The van der Waals surface area contributed by atoms with Crippen molar-refractivity contribution in [3.63, 3.8) is 0 Å². The van der Waals surface area contributed by atoms with Gasteiger partial charge in [-0.3, -0.25) is 14.4 Å². The molecule has 0 bridgehead atoms.